The van der Waals surface area contributed by atoms with Gasteiger partial charge in [-0.25, -0.2) is 0 Å². The molecule has 0 amide bonds. The number of thioether (sulfide) groups is 1. The number of benzene rings is 2. The van der Waals surface area contributed by atoms with Crippen LogP contribution >= 0.6 is 11.8 Å². The molecule has 0 aliphatic carbocycles. The second kappa shape index (κ2) is 9.80. The molecule has 0 saturated heterocycles. The molecule has 0 N–H and O–H groups in total. The van der Waals surface area contributed by atoms with Gasteiger partial charge in [-0.1, -0.05) is 62.4 Å². The molecule has 0 atom stereocenters. The molecule has 0 heterocycles. The Morgan fingerprint density at radius 2 is 1.08 bits per heavy atom. The van der Waals surface area contributed by atoms with Crippen molar-refractivity contribution in [3.05, 3.63) is 93.8 Å². The van der Waals surface area contributed by atoms with E-state index in [1.807, 2.05) is 48.5 Å². The summed E-state index contributed by atoms with van der Waals surface area (Å²) in [6.07, 6.45) is 4.97. The first kappa shape index (κ1) is 18.9. The van der Waals surface area contributed by atoms with Crippen molar-refractivity contribution in [2.75, 3.05) is 0 Å². The predicted molar refractivity (Wildman–Crippen MR) is 106 cm³/mol. The monoisotopic (exact) mass is 350 g/mol. The highest BCUT2D eigenvalue weighted by atomic mass is 32.2. The summed E-state index contributed by atoms with van der Waals surface area (Å²) in [7, 11) is 0. The first-order valence-corrected chi connectivity index (χ1v) is 9.33. The first-order valence-electron chi connectivity index (χ1n) is 8.39. The largest absolute Gasteiger partial charge is 0.289 e. The minimum atomic E-state index is -0.0370. The number of hydrogen-bond donors (Lipinski definition) is 0. The maximum Gasteiger partial charge on any atom is 0.186 e. The highest BCUT2D eigenvalue weighted by Gasteiger charge is 2.02. The summed E-state index contributed by atoms with van der Waals surface area (Å²) in [6.45, 7) is 4.17. The van der Waals surface area contributed by atoms with Gasteiger partial charge in [0.15, 0.2) is 11.6 Å². The summed E-state index contributed by atoms with van der Waals surface area (Å²) in [5.41, 5.74) is 3.77. The fourth-order valence-corrected chi connectivity index (χ4v) is 2.74. The zero-order valence-electron chi connectivity index (χ0n) is 14.6. The second-order valence-corrected chi connectivity index (χ2v) is 6.39. The van der Waals surface area contributed by atoms with Crippen LogP contribution in [0.25, 0.3) is 0 Å². The lowest BCUT2D eigenvalue weighted by Gasteiger charge is -1.98. The van der Waals surface area contributed by atoms with Crippen LogP contribution in [0.5, 0.6) is 0 Å². The fraction of sp³-hybridized carbons (Fsp3) is 0.182. The summed E-state index contributed by atoms with van der Waals surface area (Å²) in [6, 6.07) is 15.2. The van der Waals surface area contributed by atoms with Gasteiger partial charge in [0.25, 0.3) is 0 Å². The lowest BCUT2D eigenvalue weighted by atomic mass is 10.1. The van der Waals surface area contributed by atoms with E-state index >= 15 is 0 Å². The molecule has 2 aromatic carbocycles. The van der Waals surface area contributed by atoms with Gasteiger partial charge in [0.1, 0.15) is 0 Å². The van der Waals surface area contributed by atoms with Crippen molar-refractivity contribution in [3.8, 4) is 0 Å². The van der Waals surface area contributed by atoms with E-state index in [0.717, 1.165) is 12.8 Å². The number of carbonyl (C=O) groups excluding carboxylic acids is 2. The Morgan fingerprint density at radius 1 is 0.720 bits per heavy atom. The van der Waals surface area contributed by atoms with E-state index in [4.69, 9.17) is 0 Å². The Bertz CT molecular complexity index is 701. The molecular weight excluding hydrogens is 328 g/mol. The van der Waals surface area contributed by atoms with E-state index < -0.39 is 0 Å². The third-order valence-electron chi connectivity index (χ3n) is 3.89. The molecule has 2 aromatic rings. The minimum absolute atomic E-state index is 0.0370. The lowest BCUT2D eigenvalue weighted by Crippen LogP contribution is -1.94. The van der Waals surface area contributed by atoms with Gasteiger partial charge in [-0.2, -0.15) is 0 Å². The summed E-state index contributed by atoms with van der Waals surface area (Å²) in [4.78, 5) is 24.1. The first-order chi connectivity index (χ1) is 12.1. The fourth-order valence-electron chi connectivity index (χ4n) is 2.25. The molecule has 0 saturated carbocycles. The van der Waals surface area contributed by atoms with Crippen molar-refractivity contribution in [1.29, 1.82) is 0 Å². The molecule has 128 valence electrons. The predicted octanol–water partition coefficient (Wildman–Crippen LogP) is 5.64. The van der Waals surface area contributed by atoms with Gasteiger partial charge in [0.05, 0.1) is 0 Å². The van der Waals surface area contributed by atoms with Crippen molar-refractivity contribution in [1.82, 2.24) is 0 Å². The highest BCUT2D eigenvalue weighted by Crippen LogP contribution is 2.11. The molecule has 0 spiro atoms. The Morgan fingerprint density at radius 3 is 1.40 bits per heavy atom. The van der Waals surface area contributed by atoms with E-state index in [9.17, 15) is 9.59 Å². The molecule has 0 aliphatic rings. The van der Waals surface area contributed by atoms with Crippen LogP contribution in [0.4, 0.5) is 0 Å². The van der Waals surface area contributed by atoms with Gasteiger partial charge in [0.2, 0.25) is 0 Å². The molecule has 0 bridgehead atoms. The lowest BCUT2D eigenvalue weighted by molar-refractivity contribution is 0.103. The summed E-state index contributed by atoms with van der Waals surface area (Å²) in [5, 5.41) is 3.39. The van der Waals surface area contributed by atoms with Gasteiger partial charge < -0.3 is 0 Å². The van der Waals surface area contributed by atoms with Gasteiger partial charge in [-0.15, -0.1) is 11.8 Å². The van der Waals surface area contributed by atoms with Crippen LogP contribution < -0.4 is 0 Å². The molecule has 3 heteroatoms. The molecule has 0 fully saturated rings. The number of allylic oxidation sites excluding steroid dienone is 2. The molecule has 0 aliphatic heterocycles. The average molecular weight is 350 g/mol. The summed E-state index contributed by atoms with van der Waals surface area (Å²) >= 11 is 1.31. The Hall–Kier alpha value is -2.39. The normalized spacial score (nSPS) is 11.3. The minimum Gasteiger partial charge on any atom is -0.289 e. The Kier molecular flexibility index (Phi) is 7.42. The van der Waals surface area contributed by atoms with Crippen LogP contribution in [-0.4, -0.2) is 11.6 Å². The van der Waals surface area contributed by atoms with Crippen LogP contribution in [0.15, 0.2) is 71.5 Å². The summed E-state index contributed by atoms with van der Waals surface area (Å²) < 4.78 is 0. The van der Waals surface area contributed by atoms with Gasteiger partial charge >= 0.3 is 0 Å². The molecule has 0 radical (unpaired) electrons. The molecule has 25 heavy (non-hydrogen) atoms. The summed E-state index contributed by atoms with van der Waals surface area (Å²) in [5.74, 6) is -0.0740. The maximum absolute atomic E-state index is 12.0. The third-order valence-corrected chi connectivity index (χ3v) is 4.48. The number of hydrogen-bond acceptors (Lipinski definition) is 3. The van der Waals surface area contributed by atoms with Crippen molar-refractivity contribution in [2.45, 2.75) is 26.7 Å². The quantitative estimate of drug-likeness (QED) is 0.456. The van der Waals surface area contributed by atoms with E-state index in [-0.39, 0.29) is 11.6 Å². The van der Waals surface area contributed by atoms with Gasteiger partial charge in [0, 0.05) is 11.1 Å². The van der Waals surface area contributed by atoms with Crippen molar-refractivity contribution in [2.24, 2.45) is 0 Å². The maximum atomic E-state index is 12.0. The number of ketones is 2. The highest BCUT2D eigenvalue weighted by molar-refractivity contribution is 8.04. The van der Waals surface area contributed by atoms with Gasteiger partial charge in [-0.3, -0.25) is 9.59 Å². The molecule has 0 unspecified atom stereocenters. The zero-order chi connectivity index (χ0) is 18.1. The second-order valence-electron chi connectivity index (χ2n) is 5.57. The molecule has 2 nitrogen and oxygen atoms in total. The smallest absolute Gasteiger partial charge is 0.186 e. The zero-order valence-corrected chi connectivity index (χ0v) is 15.4. The van der Waals surface area contributed by atoms with E-state index in [2.05, 4.69) is 13.8 Å². The van der Waals surface area contributed by atoms with E-state index in [1.54, 1.807) is 10.8 Å². The molecule has 0 aromatic heterocycles. The molecule has 2 rings (SSSR count). The topological polar surface area (TPSA) is 34.1 Å². The van der Waals surface area contributed by atoms with Crippen LogP contribution in [0, 0.1) is 0 Å². The number of carbonyl (C=O) groups is 2. The Balaban J connectivity index is 1.85. The molecular formula is C22H22O2S. The van der Waals surface area contributed by atoms with Crippen molar-refractivity contribution < 1.29 is 9.59 Å². The SMILES string of the molecule is CCc1ccc(C(=O)C=CSC=CC(=O)c2ccc(CC)cc2)cc1. The number of rotatable bonds is 8. The van der Waals surface area contributed by atoms with Crippen LogP contribution in [0.2, 0.25) is 0 Å². The van der Waals surface area contributed by atoms with Crippen LogP contribution in [-0.2, 0) is 12.8 Å². The van der Waals surface area contributed by atoms with Crippen molar-refractivity contribution >= 4 is 23.3 Å². The van der Waals surface area contributed by atoms with E-state index in [0.29, 0.717) is 11.1 Å². The number of aryl methyl sites for hydroxylation is 2. The third kappa shape index (κ3) is 5.87. The van der Waals surface area contributed by atoms with Crippen LogP contribution in [0.3, 0.4) is 0 Å². The average Bonchev–Trinajstić information content (AvgIpc) is 2.67. The van der Waals surface area contributed by atoms with E-state index in [1.165, 1.54) is 35.0 Å². The van der Waals surface area contributed by atoms with Crippen LogP contribution in [0.1, 0.15) is 45.7 Å². The standard InChI is InChI=1S/C22H22O2S/c1-3-17-5-9-19(10-6-17)21(23)13-15-25-16-14-22(24)20-11-7-18(4-2)8-12-20/h5-16H,3-4H2,1-2H3. The van der Waals surface area contributed by atoms with Gasteiger partial charge in [-0.05, 0) is 46.9 Å². The van der Waals surface area contributed by atoms with Crippen molar-refractivity contribution in [3.63, 3.8) is 0 Å². The Labute approximate surface area is 153 Å².